The third-order valence-corrected chi connectivity index (χ3v) is 3.39. The van der Waals surface area contributed by atoms with E-state index in [2.05, 4.69) is 5.32 Å². The van der Waals surface area contributed by atoms with Crippen LogP contribution in [0.4, 0.5) is 0 Å². The van der Waals surface area contributed by atoms with Crippen LogP contribution >= 0.6 is 0 Å². The summed E-state index contributed by atoms with van der Waals surface area (Å²) in [5.74, 6) is 0. The molecule has 13 heavy (non-hydrogen) atoms. The van der Waals surface area contributed by atoms with E-state index in [0.29, 0.717) is 5.54 Å². The van der Waals surface area contributed by atoms with Crippen molar-refractivity contribution in [3.8, 4) is 0 Å². The molecule has 1 saturated carbocycles. The van der Waals surface area contributed by atoms with Gasteiger partial charge in [-0.05, 0) is 32.2 Å². The number of hydrogen-bond acceptors (Lipinski definition) is 1. The Morgan fingerprint density at radius 1 is 0.769 bits per heavy atom. The minimum Gasteiger partial charge on any atom is -0.311 e. The molecule has 1 saturated heterocycles. The smallest absolute Gasteiger partial charge is 0.0181 e. The molecule has 0 bridgehead atoms. The first kappa shape index (κ1) is 11.0. The van der Waals surface area contributed by atoms with Gasteiger partial charge in [-0.2, -0.15) is 0 Å². The zero-order valence-electron chi connectivity index (χ0n) is 9.36. The van der Waals surface area contributed by atoms with Crippen molar-refractivity contribution in [3.63, 3.8) is 0 Å². The monoisotopic (exact) mass is 183 g/mol. The molecule has 2 rings (SSSR count). The van der Waals surface area contributed by atoms with Crippen molar-refractivity contribution >= 4 is 0 Å². The van der Waals surface area contributed by atoms with E-state index >= 15 is 0 Å². The predicted molar refractivity (Wildman–Crippen MR) is 59.0 cm³/mol. The topological polar surface area (TPSA) is 12.0 Å². The molecule has 0 aromatic carbocycles. The van der Waals surface area contributed by atoms with Crippen LogP contribution < -0.4 is 5.32 Å². The van der Waals surface area contributed by atoms with Crippen molar-refractivity contribution in [1.29, 1.82) is 0 Å². The summed E-state index contributed by atoms with van der Waals surface area (Å²) >= 11 is 0. The Balaban J connectivity index is 0.000000396. The lowest BCUT2D eigenvalue weighted by Gasteiger charge is -2.41. The Morgan fingerprint density at radius 2 is 1.31 bits per heavy atom. The van der Waals surface area contributed by atoms with Crippen molar-refractivity contribution in [2.24, 2.45) is 0 Å². The molecular weight excluding hydrogens is 158 g/mol. The molecule has 78 valence electrons. The average molecular weight is 183 g/mol. The summed E-state index contributed by atoms with van der Waals surface area (Å²) in [6.45, 7) is 5.28. The van der Waals surface area contributed by atoms with Crippen LogP contribution in [0.1, 0.15) is 65.2 Å². The molecule has 1 aliphatic heterocycles. The highest BCUT2D eigenvalue weighted by molar-refractivity contribution is 4.92. The molecule has 0 aromatic heterocycles. The Bertz CT molecular complexity index is 99.6. The molecule has 1 nitrogen and oxygen atoms in total. The van der Waals surface area contributed by atoms with E-state index in [1.165, 1.54) is 57.9 Å². The van der Waals surface area contributed by atoms with Crippen molar-refractivity contribution in [2.75, 3.05) is 6.54 Å². The summed E-state index contributed by atoms with van der Waals surface area (Å²) in [6, 6.07) is 0. The maximum absolute atomic E-state index is 3.73. The maximum atomic E-state index is 3.73. The summed E-state index contributed by atoms with van der Waals surface area (Å²) in [5, 5.41) is 3.73. The second kappa shape index (κ2) is 5.64. The number of piperidine rings is 1. The van der Waals surface area contributed by atoms with Gasteiger partial charge in [0.05, 0.1) is 0 Å². The molecular formula is C12H25N. The van der Waals surface area contributed by atoms with E-state index < -0.39 is 0 Å². The first-order valence-corrected chi connectivity index (χ1v) is 6.16. The van der Waals surface area contributed by atoms with Crippen LogP contribution in [0.3, 0.4) is 0 Å². The highest BCUT2D eigenvalue weighted by atomic mass is 15.0. The van der Waals surface area contributed by atoms with Gasteiger partial charge in [0.1, 0.15) is 0 Å². The Kier molecular flexibility index (Phi) is 4.79. The molecule has 0 radical (unpaired) electrons. The SMILES string of the molecule is C1CCC2(CC1)CCCCN2.CC. The standard InChI is InChI=1S/C10H19N.C2H6/c1-2-6-10(7-3-1)8-4-5-9-11-10;1-2/h11H,1-9H2;1-2H3. The lowest BCUT2D eigenvalue weighted by molar-refractivity contribution is 0.184. The van der Waals surface area contributed by atoms with Crippen LogP contribution in [0.15, 0.2) is 0 Å². The normalized spacial score (nSPS) is 26.3. The second-order valence-corrected chi connectivity index (χ2v) is 4.22. The van der Waals surface area contributed by atoms with E-state index in [4.69, 9.17) is 0 Å². The summed E-state index contributed by atoms with van der Waals surface area (Å²) in [5.41, 5.74) is 0.608. The van der Waals surface area contributed by atoms with Crippen molar-refractivity contribution < 1.29 is 0 Å². The Hall–Kier alpha value is -0.0400. The highest BCUT2D eigenvalue weighted by Crippen LogP contribution is 2.34. The molecule has 1 spiro atoms. The van der Waals surface area contributed by atoms with Gasteiger partial charge < -0.3 is 5.32 Å². The zero-order valence-corrected chi connectivity index (χ0v) is 9.36. The van der Waals surface area contributed by atoms with Gasteiger partial charge in [0, 0.05) is 5.54 Å². The molecule has 2 fully saturated rings. The third kappa shape index (κ3) is 2.98. The predicted octanol–water partition coefficient (Wildman–Crippen LogP) is 3.49. The quantitative estimate of drug-likeness (QED) is 0.606. The molecule has 1 aliphatic carbocycles. The van der Waals surface area contributed by atoms with Gasteiger partial charge in [0.15, 0.2) is 0 Å². The van der Waals surface area contributed by atoms with Gasteiger partial charge in [0.25, 0.3) is 0 Å². The van der Waals surface area contributed by atoms with Crippen molar-refractivity contribution in [1.82, 2.24) is 5.32 Å². The van der Waals surface area contributed by atoms with Gasteiger partial charge in [-0.1, -0.05) is 39.5 Å². The van der Waals surface area contributed by atoms with Crippen molar-refractivity contribution in [3.05, 3.63) is 0 Å². The van der Waals surface area contributed by atoms with E-state index in [1.807, 2.05) is 13.8 Å². The average Bonchev–Trinajstić information content (AvgIpc) is 2.23. The minimum absolute atomic E-state index is 0.608. The molecule has 0 atom stereocenters. The molecule has 1 N–H and O–H groups in total. The van der Waals surface area contributed by atoms with Gasteiger partial charge >= 0.3 is 0 Å². The van der Waals surface area contributed by atoms with Crippen LogP contribution in [-0.2, 0) is 0 Å². The van der Waals surface area contributed by atoms with Gasteiger partial charge in [-0.3, -0.25) is 0 Å². The minimum atomic E-state index is 0.608. The summed E-state index contributed by atoms with van der Waals surface area (Å²) < 4.78 is 0. The van der Waals surface area contributed by atoms with Crippen LogP contribution in [0.2, 0.25) is 0 Å². The van der Waals surface area contributed by atoms with Crippen molar-refractivity contribution in [2.45, 2.75) is 70.8 Å². The summed E-state index contributed by atoms with van der Waals surface area (Å²) in [7, 11) is 0. The highest BCUT2D eigenvalue weighted by Gasteiger charge is 2.32. The lowest BCUT2D eigenvalue weighted by Crippen LogP contribution is -2.49. The number of hydrogen-bond donors (Lipinski definition) is 1. The first-order chi connectivity index (χ1) is 6.41. The molecule has 0 aromatic rings. The molecule has 1 heterocycles. The fraction of sp³-hybridized carbons (Fsp3) is 1.00. The fourth-order valence-corrected chi connectivity index (χ4v) is 2.69. The van der Waals surface area contributed by atoms with E-state index in [0.717, 1.165) is 0 Å². The number of rotatable bonds is 0. The van der Waals surface area contributed by atoms with Gasteiger partial charge in [-0.15, -0.1) is 0 Å². The van der Waals surface area contributed by atoms with E-state index in [9.17, 15) is 0 Å². The second-order valence-electron chi connectivity index (χ2n) is 4.22. The lowest BCUT2D eigenvalue weighted by atomic mass is 9.76. The Morgan fingerprint density at radius 3 is 1.77 bits per heavy atom. The van der Waals surface area contributed by atoms with Crippen LogP contribution in [-0.4, -0.2) is 12.1 Å². The largest absolute Gasteiger partial charge is 0.311 e. The van der Waals surface area contributed by atoms with Crippen LogP contribution in [0.25, 0.3) is 0 Å². The zero-order chi connectivity index (χ0) is 9.57. The van der Waals surface area contributed by atoms with Gasteiger partial charge in [-0.25, -0.2) is 0 Å². The van der Waals surface area contributed by atoms with Crippen LogP contribution in [0, 0.1) is 0 Å². The first-order valence-electron chi connectivity index (χ1n) is 6.16. The molecule has 0 unspecified atom stereocenters. The molecule has 0 amide bonds. The van der Waals surface area contributed by atoms with Gasteiger partial charge in [0.2, 0.25) is 0 Å². The van der Waals surface area contributed by atoms with E-state index in [1.54, 1.807) is 0 Å². The van der Waals surface area contributed by atoms with E-state index in [-0.39, 0.29) is 0 Å². The third-order valence-electron chi connectivity index (χ3n) is 3.39. The molecule has 1 heteroatoms. The summed E-state index contributed by atoms with van der Waals surface area (Å²) in [4.78, 5) is 0. The molecule has 2 aliphatic rings. The van der Waals surface area contributed by atoms with Crippen LogP contribution in [0.5, 0.6) is 0 Å². The fourth-order valence-electron chi connectivity index (χ4n) is 2.69. The maximum Gasteiger partial charge on any atom is 0.0181 e. The Labute approximate surface area is 83.3 Å². The summed E-state index contributed by atoms with van der Waals surface area (Å²) in [6.07, 6.45) is 11.6. The number of nitrogens with one attached hydrogen (secondary N) is 1.